The molecule has 0 saturated heterocycles. The van der Waals surface area contributed by atoms with E-state index >= 15 is 0 Å². The molecule has 1 aliphatic rings. The zero-order valence-electron chi connectivity index (χ0n) is 13.1. The van der Waals surface area contributed by atoms with Gasteiger partial charge in [0.15, 0.2) is 0 Å². The fraction of sp³-hybridized carbons (Fsp3) is 0.667. The SMILES string of the molecule is CCNCC1(c2ccc(C)c(C)c2)CCC(C)CC1. The van der Waals surface area contributed by atoms with Crippen LogP contribution in [-0.2, 0) is 5.41 Å². The minimum Gasteiger partial charge on any atom is -0.316 e. The Balaban J connectivity index is 2.28. The first-order chi connectivity index (χ1) is 9.07. The molecular formula is C18H29N. The summed E-state index contributed by atoms with van der Waals surface area (Å²) in [5.41, 5.74) is 4.78. The summed E-state index contributed by atoms with van der Waals surface area (Å²) in [5, 5.41) is 3.61. The quantitative estimate of drug-likeness (QED) is 0.847. The standard InChI is InChI=1S/C18H29N/c1-5-19-13-18(10-8-14(2)9-11-18)17-7-6-15(3)16(4)12-17/h6-7,12,14,19H,5,8-11,13H2,1-4H3. The van der Waals surface area contributed by atoms with E-state index < -0.39 is 0 Å². The molecule has 0 heterocycles. The molecule has 1 aliphatic carbocycles. The lowest BCUT2D eigenvalue weighted by Gasteiger charge is -2.40. The van der Waals surface area contributed by atoms with Gasteiger partial charge in [-0.15, -0.1) is 0 Å². The van der Waals surface area contributed by atoms with E-state index in [1.54, 1.807) is 5.56 Å². The molecule has 0 unspecified atom stereocenters. The van der Waals surface area contributed by atoms with Gasteiger partial charge in [0.05, 0.1) is 0 Å². The van der Waals surface area contributed by atoms with E-state index in [-0.39, 0.29) is 0 Å². The van der Waals surface area contributed by atoms with Gasteiger partial charge < -0.3 is 5.32 Å². The summed E-state index contributed by atoms with van der Waals surface area (Å²) in [6.07, 6.45) is 5.42. The van der Waals surface area contributed by atoms with Gasteiger partial charge in [-0.1, -0.05) is 32.0 Å². The summed E-state index contributed by atoms with van der Waals surface area (Å²) in [7, 11) is 0. The molecule has 1 N–H and O–H groups in total. The highest BCUT2D eigenvalue weighted by atomic mass is 14.9. The van der Waals surface area contributed by atoms with Crippen LogP contribution in [0.25, 0.3) is 0 Å². The van der Waals surface area contributed by atoms with E-state index in [1.807, 2.05) is 0 Å². The van der Waals surface area contributed by atoms with E-state index in [9.17, 15) is 0 Å². The van der Waals surface area contributed by atoms with Crippen molar-refractivity contribution in [1.29, 1.82) is 0 Å². The Labute approximate surface area is 118 Å². The van der Waals surface area contributed by atoms with Crippen LogP contribution >= 0.6 is 0 Å². The van der Waals surface area contributed by atoms with Crippen molar-refractivity contribution in [3.63, 3.8) is 0 Å². The average Bonchev–Trinajstić information content (AvgIpc) is 2.42. The van der Waals surface area contributed by atoms with Crippen molar-refractivity contribution in [3.05, 3.63) is 34.9 Å². The topological polar surface area (TPSA) is 12.0 Å². The van der Waals surface area contributed by atoms with Gasteiger partial charge in [0.1, 0.15) is 0 Å². The Kier molecular flexibility index (Phi) is 4.67. The molecule has 1 aromatic carbocycles. The number of aryl methyl sites for hydroxylation is 2. The number of hydrogen-bond donors (Lipinski definition) is 1. The van der Waals surface area contributed by atoms with Crippen LogP contribution in [0.5, 0.6) is 0 Å². The highest BCUT2D eigenvalue weighted by molar-refractivity contribution is 5.35. The highest BCUT2D eigenvalue weighted by Gasteiger charge is 2.35. The van der Waals surface area contributed by atoms with Crippen molar-refractivity contribution < 1.29 is 0 Å². The predicted molar refractivity (Wildman–Crippen MR) is 83.8 cm³/mol. The van der Waals surface area contributed by atoms with Gasteiger partial charge in [0.25, 0.3) is 0 Å². The second-order valence-corrected chi connectivity index (χ2v) is 6.54. The van der Waals surface area contributed by atoms with Crippen LogP contribution in [0.3, 0.4) is 0 Å². The van der Waals surface area contributed by atoms with Crippen molar-refractivity contribution >= 4 is 0 Å². The highest BCUT2D eigenvalue weighted by Crippen LogP contribution is 2.41. The molecule has 0 radical (unpaired) electrons. The van der Waals surface area contributed by atoms with Crippen molar-refractivity contribution in [2.45, 2.75) is 58.8 Å². The fourth-order valence-corrected chi connectivity index (χ4v) is 3.32. The first-order valence-electron chi connectivity index (χ1n) is 7.86. The lowest BCUT2D eigenvalue weighted by molar-refractivity contribution is 0.234. The smallest absolute Gasteiger partial charge is 0.00780 e. The van der Waals surface area contributed by atoms with Crippen LogP contribution in [0, 0.1) is 19.8 Å². The van der Waals surface area contributed by atoms with E-state index in [2.05, 4.69) is 51.2 Å². The Morgan fingerprint density at radius 1 is 1.16 bits per heavy atom. The van der Waals surface area contributed by atoms with Crippen LogP contribution < -0.4 is 5.32 Å². The maximum atomic E-state index is 3.61. The molecule has 1 nitrogen and oxygen atoms in total. The minimum absolute atomic E-state index is 0.376. The summed E-state index contributed by atoms with van der Waals surface area (Å²) in [4.78, 5) is 0. The van der Waals surface area contributed by atoms with Gasteiger partial charge in [-0.05, 0) is 68.7 Å². The van der Waals surface area contributed by atoms with Crippen LogP contribution in [0.1, 0.15) is 56.2 Å². The zero-order chi connectivity index (χ0) is 13.9. The van der Waals surface area contributed by atoms with Crippen LogP contribution in [-0.4, -0.2) is 13.1 Å². The monoisotopic (exact) mass is 259 g/mol. The van der Waals surface area contributed by atoms with Crippen molar-refractivity contribution in [2.24, 2.45) is 5.92 Å². The van der Waals surface area contributed by atoms with Gasteiger partial charge in [-0.3, -0.25) is 0 Å². The molecule has 19 heavy (non-hydrogen) atoms. The van der Waals surface area contributed by atoms with Crippen LogP contribution in [0.4, 0.5) is 0 Å². The largest absolute Gasteiger partial charge is 0.316 e. The van der Waals surface area contributed by atoms with Gasteiger partial charge in [-0.25, -0.2) is 0 Å². The number of benzene rings is 1. The fourth-order valence-electron chi connectivity index (χ4n) is 3.32. The molecule has 1 aromatic rings. The molecule has 1 saturated carbocycles. The summed E-state index contributed by atoms with van der Waals surface area (Å²) in [5.74, 6) is 0.904. The second kappa shape index (κ2) is 6.09. The van der Waals surface area contributed by atoms with Gasteiger partial charge in [0.2, 0.25) is 0 Å². The molecule has 1 heteroatoms. The van der Waals surface area contributed by atoms with Crippen LogP contribution in [0.15, 0.2) is 18.2 Å². The third kappa shape index (κ3) is 3.20. The molecule has 0 aromatic heterocycles. The first kappa shape index (κ1) is 14.6. The number of nitrogens with one attached hydrogen (secondary N) is 1. The molecule has 0 bridgehead atoms. The third-order valence-electron chi connectivity index (χ3n) is 5.06. The summed E-state index contributed by atoms with van der Waals surface area (Å²) in [6, 6.07) is 7.11. The molecule has 1 fully saturated rings. The zero-order valence-corrected chi connectivity index (χ0v) is 13.1. The Bertz CT molecular complexity index is 408. The number of likely N-dealkylation sites (N-methyl/N-ethyl adjacent to an activating group) is 1. The molecule has 0 aliphatic heterocycles. The van der Waals surface area contributed by atoms with Crippen molar-refractivity contribution in [1.82, 2.24) is 5.32 Å². The summed E-state index contributed by atoms with van der Waals surface area (Å²) >= 11 is 0. The molecule has 0 atom stereocenters. The summed E-state index contributed by atoms with van der Waals surface area (Å²) < 4.78 is 0. The Morgan fingerprint density at radius 2 is 1.84 bits per heavy atom. The van der Waals surface area contributed by atoms with Crippen molar-refractivity contribution in [2.75, 3.05) is 13.1 Å². The minimum atomic E-state index is 0.376. The van der Waals surface area contributed by atoms with E-state index in [0.29, 0.717) is 5.41 Å². The molecule has 0 spiro atoms. The van der Waals surface area contributed by atoms with Gasteiger partial charge in [-0.2, -0.15) is 0 Å². The first-order valence-corrected chi connectivity index (χ1v) is 7.86. The lowest BCUT2D eigenvalue weighted by atomic mass is 9.66. The predicted octanol–water partition coefficient (Wildman–Crippen LogP) is 4.36. The third-order valence-corrected chi connectivity index (χ3v) is 5.06. The molecule has 0 amide bonds. The van der Waals surface area contributed by atoms with E-state index in [1.165, 1.54) is 36.8 Å². The average molecular weight is 259 g/mol. The molecule has 106 valence electrons. The maximum Gasteiger partial charge on any atom is 0.00780 e. The normalized spacial score (nSPS) is 27.5. The number of rotatable bonds is 4. The molecular weight excluding hydrogens is 230 g/mol. The number of hydrogen-bond acceptors (Lipinski definition) is 1. The van der Waals surface area contributed by atoms with Crippen LogP contribution in [0.2, 0.25) is 0 Å². The Hall–Kier alpha value is -0.820. The van der Waals surface area contributed by atoms with Gasteiger partial charge in [0, 0.05) is 12.0 Å². The lowest BCUT2D eigenvalue weighted by Crippen LogP contribution is -2.41. The van der Waals surface area contributed by atoms with E-state index in [0.717, 1.165) is 19.0 Å². The molecule has 2 rings (SSSR count). The van der Waals surface area contributed by atoms with E-state index in [4.69, 9.17) is 0 Å². The maximum absolute atomic E-state index is 3.61. The second-order valence-electron chi connectivity index (χ2n) is 6.54. The van der Waals surface area contributed by atoms with Gasteiger partial charge >= 0.3 is 0 Å². The summed E-state index contributed by atoms with van der Waals surface area (Å²) in [6.45, 7) is 11.3. The Morgan fingerprint density at radius 3 is 2.42 bits per heavy atom. The van der Waals surface area contributed by atoms with Crippen molar-refractivity contribution in [3.8, 4) is 0 Å².